The maximum absolute atomic E-state index is 13.0. The van der Waals surface area contributed by atoms with Crippen molar-refractivity contribution in [3.63, 3.8) is 0 Å². The van der Waals surface area contributed by atoms with Crippen LogP contribution < -0.4 is 4.74 Å². The molecule has 0 fully saturated rings. The van der Waals surface area contributed by atoms with Gasteiger partial charge in [-0.15, -0.1) is 11.3 Å². The minimum atomic E-state index is -0.273. The smallest absolute Gasteiger partial charge is 0.126 e. The molecule has 0 unspecified atom stereocenters. The van der Waals surface area contributed by atoms with Crippen molar-refractivity contribution in [2.75, 3.05) is 0 Å². The number of thiophene rings is 1. The highest BCUT2D eigenvalue weighted by atomic mass is 32.1. The van der Waals surface area contributed by atoms with Crippen LogP contribution in [0.2, 0.25) is 0 Å². The molecular weight excluding hydrogens is 259 g/mol. The van der Waals surface area contributed by atoms with Crippen LogP contribution in [-0.4, -0.2) is 0 Å². The highest BCUT2D eigenvalue weighted by Gasteiger charge is 2.04. The lowest BCUT2D eigenvalue weighted by atomic mass is 10.1. The van der Waals surface area contributed by atoms with Gasteiger partial charge in [-0.1, -0.05) is 18.2 Å². The lowest BCUT2D eigenvalue weighted by Crippen LogP contribution is -1.92. The molecule has 3 heteroatoms. The predicted octanol–water partition coefficient (Wildman–Crippen LogP) is 4.93. The Balaban J connectivity index is 1.80. The predicted molar refractivity (Wildman–Crippen MR) is 77.3 cm³/mol. The van der Waals surface area contributed by atoms with Crippen molar-refractivity contribution in [2.45, 2.75) is 13.5 Å². The van der Waals surface area contributed by atoms with Gasteiger partial charge >= 0.3 is 0 Å². The number of fused-ring (bicyclic) bond motifs is 1. The molecule has 19 heavy (non-hydrogen) atoms. The van der Waals surface area contributed by atoms with E-state index < -0.39 is 0 Å². The summed E-state index contributed by atoms with van der Waals surface area (Å²) in [7, 11) is 0. The quantitative estimate of drug-likeness (QED) is 0.657. The molecule has 0 amide bonds. The molecule has 3 aromatic rings. The Hall–Kier alpha value is -1.87. The van der Waals surface area contributed by atoms with Gasteiger partial charge in [-0.2, -0.15) is 0 Å². The molecule has 0 atom stereocenters. The summed E-state index contributed by atoms with van der Waals surface area (Å²) in [5.41, 5.74) is 1.27. The summed E-state index contributed by atoms with van der Waals surface area (Å²) in [5, 5.41) is 1.27. The van der Waals surface area contributed by atoms with E-state index in [2.05, 4.69) is 31.2 Å². The number of rotatable bonds is 3. The third-order valence-corrected chi connectivity index (χ3v) is 4.08. The van der Waals surface area contributed by atoms with Gasteiger partial charge in [0.05, 0.1) is 0 Å². The molecular formula is C16H13FOS. The summed E-state index contributed by atoms with van der Waals surface area (Å²) in [5.74, 6) is 0.291. The Morgan fingerprint density at radius 3 is 2.74 bits per heavy atom. The van der Waals surface area contributed by atoms with E-state index in [1.807, 2.05) is 0 Å². The zero-order chi connectivity index (χ0) is 13.2. The Morgan fingerprint density at radius 2 is 1.95 bits per heavy atom. The maximum atomic E-state index is 13.0. The number of aryl methyl sites for hydroxylation is 1. The molecule has 1 nitrogen and oxygen atoms in total. The van der Waals surface area contributed by atoms with Gasteiger partial charge in [-0.25, -0.2) is 4.39 Å². The van der Waals surface area contributed by atoms with Crippen LogP contribution in [0.5, 0.6) is 5.75 Å². The third kappa shape index (κ3) is 2.61. The standard InChI is InChI=1S/C16H13FOS/c1-11-4-2-7-16-15(11)9-14(19-16)10-18-13-6-3-5-12(17)8-13/h2-9H,10H2,1H3. The molecule has 0 aliphatic heterocycles. The fourth-order valence-corrected chi connectivity index (χ4v) is 3.10. The minimum Gasteiger partial charge on any atom is -0.488 e. The molecule has 1 aromatic heterocycles. The molecule has 3 rings (SSSR count). The van der Waals surface area contributed by atoms with E-state index in [0.717, 1.165) is 4.88 Å². The number of ether oxygens (including phenoxy) is 1. The van der Waals surface area contributed by atoms with Crippen molar-refractivity contribution in [1.82, 2.24) is 0 Å². The molecule has 0 N–H and O–H groups in total. The Bertz CT molecular complexity index is 718. The highest BCUT2D eigenvalue weighted by molar-refractivity contribution is 7.19. The van der Waals surface area contributed by atoms with Crippen LogP contribution in [0, 0.1) is 12.7 Å². The normalized spacial score (nSPS) is 10.8. The van der Waals surface area contributed by atoms with Gasteiger partial charge in [0.25, 0.3) is 0 Å². The van der Waals surface area contributed by atoms with Crippen molar-refractivity contribution in [3.8, 4) is 5.75 Å². The van der Waals surface area contributed by atoms with Gasteiger partial charge in [-0.3, -0.25) is 0 Å². The second-order valence-electron chi connectivity index (χ2n) is 4.45. The van der Waals surface area contributed by atoms with Crippen molar-refractivity contribution in [3.05, 3.63) is 64.8 Å². The Labute approximate surface area is 115 Å². The van der Waals surface area contributed by atoms with E-state index in [-0.39, 0.29) is 5.82 Å². The summed E-state index contributed by atoms with van der Waals surface area (Å²) in [6.45, 7) is 2.58. The molecule has 0 aliphatic rings. The molecule has 96 valence electrons. The average molecular weight is 272 g/mol. The van der Waals surface area contributed by atoms with E-state index in [9.17, 15) is 4.39 Å². The van der Waals surface area contributed by atoms with Crippen LogP contribution in [0.15, 0.2) is 48.5 Å². The van der Waals surface area contributed by atoms with Crippen molar-refractivity contribution in [2.24, 2.45) is 0 Å². The highest BCUT2D eigenvalue weighted by Crippen LogP contribution is 2.28. The summed E-state index contributed by atoms with van der Waals surface area (Å²) < 4.78 is 19.9. The molecule has 0 spiro atoms. The van der Waals surface area contributed by atoms with Crippen LogP contribution in [0.3, 0.4) is 0 Å². The lowest BCUT2D eigenvalue weighted by Gasteiger charge is -2.03. The fraction of sp³-hybridized carbons (Fsp3) is 0.125. The fourth-order valence-electron chi connectivity index (χ4n) is 2.04. The largest absolute Gasteiger partial charge is 0.488 e. The number of hydrogen-bond donors (Lipinski definition) is 0. The van der Waals surface area contributed by atoms with Gasteiger partial charge in [-0.05, 0) is 42.1 Å². The van der Waals surface area contributed by atoms with Crippen LogP contribution >= 0.6 is 11.3 Å². The van der Waals surface area contributed by atoms with Crippen molar-refractivity contribution < 1.29 is 9.13 Å². The Morgan fingerprint density at radius 1 is 1.11 bits per heavy atom. The zero-order valence-electron chi connectivity index (χ0n) is 10.5. The molecule has 0 bridgehead atoms. The topological polar surface area (TPSA) is 9.23 Å². The summed E-state index contributed by atoms with van der Waals surface area (Å²) in [4.78, 5) is 1.15. The first kappa shape index (κ1) is 12.2. The van der Waals surface area contributed by atoms with Crippen LogP contribution in [0.1, 0.15) is 10.4 Å². The first-order chi connectivity index (χ1) is 9.22. The van der Waals surface area contributed by atoms with Gasteiger partial charge in [0.1, 0.15) is 18.2 Å². The number of benzene rings is 2. The molecule has 1 heterocycles. The summed E-state index contributed by atoms with van der Waals surface area (Å²) >= 11 is 1.72. The summed E-state index contributed by atoms with van der Waals surface area (Å²) in [6.07, 6.45) is 0. The van der Waals surface area contributed by atoms with Crippen molar-refractivity contribution in [1.29, 1.82) is 0 Å². The molecule has 0 radical (unpaired) electrons. The van der Waals surface area contributed by atoms with Crippen LogP contribution in [0.4, 0.5) is 4.39 Å². The van der Waals surface area contributed by atoms with Crippen LogP contribution in [0.25, 0.3) is 10.1 Å². The first-order valence-electron chi connectivity index (χ1n) is 6.09. The Kier molecular flexibility index (Phi) is 3.22. The lowest BCUT2D eigenvalue weighted by molar-refractivity contribution is 0.308. The first-order valence-corrected chi connectivity index (χ1v) is 6.90. The number of halogens is 1. The monoisotopic (exact) mass is 272 g/mol. The average Bonchev–Trinajstić information content (AvgIpc) is 2.81. The third-order valence-electron chi connectivity index (χ3n) is 3.01. The van der Waals surface area contributed by atoms with E-state index >= 15 is 0 Å². The summed E-state index contributed by atoms with van der Waals surface area (Å²) in [6, 6.07) is 14.7. The van der Waals surface area contributed by atoms with Gasteiger partial charge in [0.15, 0.2) is 0 Å². The zero-order valence-corrected chi connectivity index (χ0v) is 11.3. The van der Waals surface area contributed by atoms with Gasteiger partial charge < -0.3 is 4.74 Å². The minimum absolute atomic E-state index is 0.273. The van der Waals surface area contributed by atoms with E-state index in [1.54, 1.807) is 23.5 Å². The molecule has 0 saturated heterocycles. The van der Waals surface area contributed by atoms with E-state index in [4.69, 9.17) is 4.74 Å². The molecule has 0 aliphatic carbocycles. The van der Waals surface area contributed by atoms with Gasteiger partial charge in [0.2, 0.25) is 0 Å². The maximum Gasteiger partial charge on any atom is 0.126 e. The van der Waals surface area contributed by atoms with E-state index in [1.165, 1.54) is 27.8 Å². The number of hydrogen-bond acceptors (Lipinski definition) is 2. The van der Waals surface area contributed by atoms with Crippen molar-refractivity contribution >= 4 is 21.4 Å². The second-order valence-corrected chi connectivity index (χ2v) is 5.61. The molecule has 2 aromatic carbocycles. The van der Waals surface area contributed by atoms with Crippen LogP contribution in [-0.2, 0) is 6.61 Å². The molecule has 0 saturated carbocycles. The SMILES string of the molecule is Cc1cccc2sc(COc3cccc(F)c3)cc12. The van der Waals surface area contributed by atoms with Gasteiger partial charge in [0, 0.05) is 15.6 Å². The second kappa shape index (κ2) is 5.02. The van der Waals surface area contributed by atoms with E-state index in [0.29, 0.717) is 12.4 Å².